The number of carbonyl (C=O) groups is 4. The molecule has 9 nitrogen and oxygen atoms in total. The molecule has 0 aliphatic carbocycles. The molecule has 2 aromatic carbocycles. The van der Waals surface area contributed by atoms with Crippen molar-refractivity contribution in [3.05, 3.63) is 116 Å². The zero-order valence-electron chi connectivity index (χ0n) is 23.9. The van der Waals surface area contributed by atoms with Crippen LogP contribution in [-0.4, -0.2) is 50.8 Å². The number of hydrogen-bond donors (Lipinski definition) is 1. The summed E-state index contributed by atoms with van der Waals surface area (Å²) in [4.78, 5) is 57.8. The molecule has 2 aliphatic rings. The Morgan fingerprint density at radius 1 is 1.02 bits per heavy atom. The first-order valence-electron chi connectivity index (χ1n) is 13.5. The van der Waals surface area contributed by atoms with Gasteiger partial charge in [-0.3, -0.25) is 14.5 Å². The molecule has 0 saturated carbocycles. The molecule has 45 heavy (non-hydrogen) atoms. The van der Waals surface area contributed by atoms with E-state index in [1.54, 1.807) is 5.38 Å². The average molecular weight is 702 g/mol. The SMILES string of the molecule is O=C([O-])Cc1csc(SC2=C(C(=O)OC(c3ccccc3)c3ccccc3)N3C(=O)[C@@H](NC(=O)Cc4ccsc4)[C@@H]3SC2)n1.[K+]. The number of thioether (sulfide) groups is 2. The number of carbonyl (C=O) groups excluding carboxylic acids is 4. The fourth-order valence-electron chi connectivity index (χ4n) is 4.88. The predicted octanol–water partition coefficient (Wildman–Crippen LogP) is 0.780. The third kappa shape index (κ3) is 8.00. The summed E-state index contributed by atoms with van der Waals surface area (Å²) >= 11 is 5.37. The molecule has 1 saturated heterocycles. The van der Waals surface area contributed by atoms with Crippen LogP contribution in [0.5, 0.6) is 0 Å². The number of rotatable bonds is 11. The van der Waals surface area contributed by atoms with Crippen molar-refractivity contribution in [1.82, 2.24) is 15.2 Å². The number of esters is 1. The molecule has 6 rings (SSSR count). The van der Waals surface area contributed by atoms with Crippen molar-refractivity contribution in [1.29, 1.82) is 0 Å². The molecule has 2 atom stereocenters. The van der Waals surface area contributed by atoms with Gasteiger partial charge in [-0.25, -0.2) is 9.78 Å². The monoisotopic (exact) mass is 701 g/mol. The first-order chi connectivity index (χ1) is 21.4. The number of carboxylic acid groups (broad SMARTS) is 1. The molecule has 4 heterocycles. The van der Waals surface area contributed by atoms with Crippen molar-refractivity contribution in [2.45, 2.75) is 34.7 Å². The summed E-state index contributed by atoms with van der Waals surface area (Å²) in [6, 6.07) is 19.8. The fraction of sp³-hybridized carbons (Fsp3) is 0.194. The number of hydrogen-bond acceptors (Lipinski definition) is 11. The van der Waals surface area contributed by atoms with Crippen LogP contribution in [0.1, 0.15) is 28.5 Å². The Kier molecular flexibility index (Phi) is 11.8. The number of carboxylic acids is 1. The van der Waals surface area contributed by atoms with Crippen molar-refractivity contribution in [2.75, 3.05) is 5.75 Å². The van der Waals surface area contributed by atoms with Gasteiger partial charge in [-0.1, -0.05) is 72.4 Å². The Morgan fingerprint density at radius 3 is 2.33 bits per heavy atom. The van der Waals surface area contributed by atoms with E-state index in [1.807, 2.05) is 77.5 Å². The summed E-state index contributed by atoms with van der Waals surface area (Å²) in [5.74, 6) is -2.24. The maximum Gasteiger partial charge on any atom is 1.00 e. The van der Waals surface area contributed by atoms with E-state index in [-0.39, 0.29) is 75.8 Å². The molecule has 1 N–H and O–H groups in total. The largest absolute Gasteiger partial charge is 1.00 e. The van der Waals surface area contributed by atoms with E-state index in [1.165, 1.54) is 51.1 Å². The van der Waals surface area contributed by atoms with Crippen molar-refractivity contribution in [3.63, 3.8) is 0 Å². The number of thiazole rings is 1. The Balaban J connectivity index is 0.00000400. The number of nitrogens with one attached hydrogen (secondary N) is 1. The average Bonchev–Trinajstić information content (AvgIpc) is 3.71. The number of β-lactam (4-membered cyclic amide) rings is 1. The number of fused-ring (bicyclic) bond motifs is 1. The molecule has 0 spiro atoms. The van der Waals surface area contributed by atoms with E-state index in [0.717, 1.165) is 16.7 Å². The number of aromatic nitrogens is 1. The summed E-state index contributed by atoms with van der Waals surface area (Å²) in [5, 5.41) is 18.8. The molecule has 2 aliphatic heterocycles. The second-order valence-electron chi connectivity index (χ2n) is 9.90. The summed E-state index contributed by atoms with van der Waals surface area (Å²) < 4.78 is 6.70. The van der Waals surface area contributed by atoms with Gasteiger partial charge in [-0.05, 0) is 33.5 Å². The Labute approximate surface area is 318 Å². The van der Waals surface area contributed by atoms with Crippen LogP contribution >= 0.6 is 46.2 Å². The topological polar surface area (TPSA) is 129 Å². The number of ether oxygens (including phenoxy) is 1. The minimum atomic E-state index is -1.24. The van der Waals surface area contributed by atoms with E-state index in [2.05, 4.69) is 10.3 Å². The Bertz CT molecular complexity index is 1680. The van der Waals surface area contributed by atoms with E-state index in [0.29, 0.717) is 20.7 Å². The van der Waals surface area contributed by atoms with E-state index >= 15 is 0 Å². The minimum absolute atomic E-state index is 0. The van der Waals surface area contributed by atoms with Gasteiger partial charge in [0, 0.05) is 28.4 Å². The number of nitrogens with zero attached hydrogens (tertiary/aromatic N) is 2. The minimum Gasteiger partial charge on any atom is -0.550 e. The quantitative estimate of drug-likeness (QED) is 0.137. The summed E-state index contributed by atoms with van der Waals surface area (Å²) in [7, 11) is 0. The van der Waals surface area contributed by atoms with Gasteiger partial charge in [-0.15, -0.1) is 23.1 Å². The summed E-state index contributed by atoms with van der Waals surface area (Å²) in [6.45, 7) is 0. The van der Waals surface area contributed by atoms with Crippen molar-refractivity contribution in [2.24, 2.45) is 0 Å². The van der Waals surface area contributed by atoms with E-state index in [4.69, 9.17) is 4.74 Å². The number of amides is 2. The fourth-order valence-corrected chi connectivity index (χ4v) is 9.02. The molecule has 224 valence electrons. The predicted molar refractivity (Wildman–Crippen MR) is 168 cm³/mol. The van der Waals surface area contributed by atoms with Crippen molar-refractivity contribution < 1.29 is 80.4 Å². The van der Waals surface area contributed by atoms with E-state index < -0.39 is 35.4 Å². The first kappa shape index (κ1) is 34.1. The van der Waals surface area contributed by atoms with Gasteiger partial charge >= 0.3 is 57.4 Å². The zero-order chi connectivity index (χ0) is 30.6. The van der Waals surface area contributed by atoms with Gasteiger partial charge in [0.1, 0.15) is 17.1 Å². The Morgan fingerprint density at radius 2 is 1.71 bits per heavy atom. The van der Waals surface area contributed by atoms with Gasteiger partial charge in [0.25, 0.3) is 5.91 Å². The summed E-state index contributed by atoms with van der Waals surface area (Å²) in [5.41, 5.74) is 2.85. The van der Waals surface area contributed by atoms with Crippen LogP contribution in [0.25, 0.3) is 0 Å². The Hall–Kier alpha value is -2.27. The number of aliphatic carboxylic acids is 1. The molecular formula is C31H24KN3O6S4. The summed E-state index contributed by atoms with van der Waals surface area (Å²) in [6.07, 6.45) is -0.900. The molecule has 0 unspecified atom stereocenters. The van der Waals surface area contributed by atoms with Crippen LogP contribution in [0, 0.1) is 0 Å². The molecule has 2 aromatic heterocycles. The molecule has 14 heteroatoms. The second-order valence-corrected chi connectivity index (χ2v) is 14.0. The first-order valence-corrected chi connectivity index (χ1v) is 17.2. The van der Waals surface area contributed by atoms with Gasteiger partial charge < -0.3 is 20.0 Å². The zero-order valence-corrected chi connectivity index (χ0v) is 30.3. The van der Waals surface area contributed by atoms with E-state index in [9.17, 15) is 24.3 Å². The van der Waals surface area contributed by atoms with Gasteiger partial charge in [0.15, 0.2) is 10.4 Å². The maximum absolute atomic E-state index is 14.1. The third-order valence-electron chi connectivity index (χ3n) is 6.88. The van der Waals surface area contributed by atoms with Crippen LogP contribution in [0.3, 0.4) is 0 Å². The van der Waals surface area contributed by atoms with Crippen molar-refractivity contribution in [3.8, 4) is 0 Å². The van der Waals surface area contributed by atoms with Crippen LogP contribution in [0.2, 0.25) is 0 Å². The third-order valence-corrected chi connectivity index (χ3v) is 11.2. The molecule has 0 radical (unpaired) electrons. The van der Waals surface area contributed by atoms with Gasteiger partial charge in [-0.2, -0.15) is 11.3 Å². The van der Waals surface area contributed by atoms with Crippen LogP contribution in [0.15, 0.2) is 97.8 Å². The molecule has 0 bridgehead atoms. The van der Waals surface area contributed by atoms with Crippen LogP contribution in [-0.2, 0) is 36.8 Å². The second kappa shape index (κ2) is 15.5. The number of benzene rings is 2. The van der Waals surface area contributed by atoms with Gasteiger partial charge in [0.2, 0.25) is 5.91 Å². The smallest absolute Gasteiger partial charge is 0.550 e. The van der Waals surface area contributed by atoms with Crippen LogP contribution in [0.4, 0.5) is 0 Å². The normalized spacial score (nSPS) is 17.3. The molecule has 4 aromatic rings. The van der Waals surface area contributed by atoms with Gasteiger partial charge in [0.05, 0.1) is 12.1 Å². The molecule has 2 amide bonds. The number of thiophene rings is 1. The molecular weight excluding hydrogens is 678 g/mol. The van der Waals surface area contributed by atoms with Crippen LogP contribution < -0.4 is 61.8 Å². The molecule has 1 fully saturated rings. The standard InChI is InChI=1S/C31H25N3O6S4.K/c35-23(13-18-11-12-41-15-18)33-25-28(38)34-26(22(17-42-29(25)34)44-31-32-21(16-43-31)14-24(36)37)30(39)40-27(19-7-3-1-4-8-19)20-9-5-2-6-10-20;/h1-12,15-16,25,27,29H,13-14,17H2,(H,33,35)(H,36,37);/q;+1/p-1/t25-,29+;/m1./s1. The maximum atomic E-state index is 14.1. The van der Waals surface area contributed by atoms with Crippen molar-refractivity contribution >= 4 is 70.0 Å².